The second kappa shape index (κ2) is 4.09. The molecule has 1 amide bonds. The van der Waals surface area contributed by atoms with E-state index >= 15 is 0 Å². The average Bonchev–Trinajstić information content (AvgIpc) is 2.23. The molecule has 0 unspecified atom stereocenters. The maximum Gasteiger partial charge on any atom is 0.247 e. The molecule has 0 spiro atoms. The van der Waals surface area contributed by atoms with Crippen molar-refractivity contribution < 1.29 is 4.79 Å². The zero-order valence-corrected chi connectivity index (χ0v) is 7.99. The molecule has 1 aromatic rings. The van der Waals surface area contributed by atoms with Crippen molar-refractivity contribution in [3.63, 3.8) is 0 Å². The summed E-state index contributed by atoms with van der Waals surface area (Å²) in [6, 6.07) is 9.95. The molecule has 72 valence electrons. The van der Waals surface area contributed by atoms with Crippen molar-refractivity contribution >= 4 is 12.0 Å². The summed E-state index contributed by atoms with van der Waals surface area (Å²) >= 11 is 0. The van der Waals surface area contributed by atoms with Gasteiger partial charge in [0.15, 0.2) is 0 Å². The summed E-state index contributed by atoms with van der Waals surface area (Å²) in [5.41, 5.74) is 1.99. The van der Waals surface area contributed by atoms with Crippen molar-refractivity contribution in [3.05, 3.63) is 41.5 Å². The molecule has 1 fully saturated rings. The Kier molecular flexibility index (Phi) is 2.63. The standard InChI is InChI=1S/C12H13NO/c14-12-11(7-4-8-13-12)9-10-5-2-1-3-6-10/h1-3,5-6,9H,4,7-8H2,(H,13,14). The normalized spacial score (nSPS) is 19.4. The second-order valence-electron chi connectivity index (χ2n) is 3.44. The zero-order chi connectivity index (χ0) is 9.80. The SMILES string of the molecule is O=C1NCCCC1=Cc1ccccc1. The third-order valence-electron chi connectivity index (χ3n) is 2.34. The molecule has 14 heavy (non-hydrogen) atoms. The average molecular weight is 187 g/mol. The third-order valence-corrected chi connectivity index (χ3v) is 2.34. The Morgan fingerprint density at radius 3 is 2.71 bits per heavy atom. The van der Waals surface area contributed by atoms with E-state index in [9.17, 15) is 4.79 Å². The highest BCUT2D eigenvalue weighted by molar-refractivity contribution is 5.98. The predicted octanol–water partition coefficient (Wildman–Crippen LogP) is 1.98. The zero-order valence-electron chi connectivity index (χ0n) is 7.99. The number of piperidine rings is 1. The third kappa shape index (κ3) is 2.02. The van der Waals surface area contributed by atoms with Gasteiger partial charge in [-0.05, 0) is 24.5 Å². The van der Waals surface area contributed by atoms with E-state index in [1.165, 1.54) is 0 Å². The molecule has 1 aliphatic heterocycles. The molecule has 0 aromatic heterocycles. The molecule has 0 atom stereocenters. The Balaban J connectivity index is 2.21. The maximum atomic E-state index is 11.4. The van der Waals surface area contributed by atoms with Gasteiger partial charge < -0.3 is 5.32 Å². The number of hydrogen-bond acceptors (Lipinski definition) is 1. The van der Waals surface area contributed by atoms with Gasteiger partial charge in [0, 0.05) is 12.1 Å². The molecule has 0 bridgehead atoms. The number of hydrogen-bond donors (Lipinski definition) is 1. The summed E-state index contributed by atoms with van der Waals surface area (Å²) in [5.74, 6) is 0.0834. The van der Waals surface area contributed by atoms with Crippen LogP contribution in [0.2, 0.25) is 0 Å². The van der Waals surface area contributed by atoms with Gasteiger partial charge in [0.1, 0.15) is 0 Å². The van der Waals surface area contributed by atoms with Gasteiger partial charge in [0.25, 0.3) is 0 Å². The summed E-state index contributed by atoms with van der Waals surface area (Å²) in [4.78, 5) is 11.4. The number of benzene rings is 1. The number of rotatable bonds is 1. The molecule has 1 aliphatic rings. The lowest BCUT2D eigenvalue weighted by Gasteiger charge is -2.14. The molecule has 2 rings (SSSR count). The van der Waals surface area contributed by atoms with Gasteiger partial charge in [-0.3, -0.25) is 4.79 Å². The van der Waals surface area contributed by atoms with Crippen LogP contribution in [0, 0.1) is 0 Å². The molecule has 2 nitrogen and oxygen atoms in total. The minimum atomic E-state index is 0.0834. The Bertz CT molecular complexity index is 354. The van der Waals surface area contributed by atoms with E-state index in [1.54, 1.807) is 0 Å². The topological polar surface area (TPSA) is 29.1 Å². The largest absolute Gasteiger partial charge is 0.352 e. The van der Waals surface area contributed by atoms with Gasteiger partial charge in [-0.25, -0.2) is 0 Å². The Labute approximate surface area is 83.6 Å². The van der Waals surface area contributed by atoms with Crippen molar-refractivity contribution in [2.24, 2.45) is 0 Å². The smallest absolute Gasteiger partial charge is 0.247 e. The van der Waals surface area contributed by atoms with Crippen LogP contribution in [0.15, 0.2) is 35.9 Å². The van der Waals surface area contributed by atoms with Crippen LogP contribution in [-0.2, 0) is 4.79 Å². The first-order valence-electron chi connectivity index (χ1n) is 4.90. The van der Waals surface area contributed by atoms with Gasteiger partial charge in [-0.15, -0.1) is 0 Å². The first-order chi connectivity index (χ1) is 6.86. The van der Waals surface area contributed by atoms with E-state index in [0.29, 0.717) is 0 Å². The van der Waals surface area contributed by atoms with Gasteiger partial charge in [-0.2, -0.15) is 0 Å². The van der Waals surface area contributed by atoms with Crippen molar-refractivity contribution in [1.82, 2.24) is 5.32 Å². The minimum absolute atomic E-state index is 0.0834. The lowest BCUT2D eigenvalue weighted by molar-refractivity contribution is -0.118. The molecule has 2 heteroatoms. The van der Waals surface area contributed by atoms with Gasteiger partial charge in [-0.1, -0.05) is 30.3 Å². The molecule has 1 aromatic carbocycles. The number of nitrogens with one attached hydrogen (secondary N) is 1. The number of carbonyl (C=O) groups is 1. The van der Waals surface area contributed by atoms with Crippen LogP contribution < -0.4 is 5.32 Å². The van der Waals surface area contributed by atoms with Crippen LogP contribution in [0.4, 0.5) is 0 Å². The van der Waals surface area contributed by atoms with Gasteiger partial charge in [0.2, 0.25) is 5.91 Å². The molecule has 1 heterocycles. The Hall–Kier alpha value is -1.57. The highest BCUT2D eigenvalue weighted by Gasteiger charge is 2.13. The van der Waals surface area contributed by atoms with E-state index in [4.69, 9.17) is 0 Å². The summed E-state index contributed by atoms with van der Waals surface area (Å²) in [6.07, 6.45) is 3.90. The Morgan fingerprint density at radius 1 is 1.21 bits per heavy atom. The fraction of sp³-hybridized carbons (Fsp3) is 0.250. The van der Waals surface area contributed by atoms with E-state index in [2.05, 4.69) is 5.32 Å². The van der Waals surface area contributed by atoms with Crippen LogP contribution in [-0.4, -0.2) is 12.5 Å². The van der Waals surface area contributed by atoms with Crippen molar-refractivity contribution in [1.29, 1.82) is 0 Å². The molecule has 1 saturated heterocycles. The maximum absolute atomic E-state index is 11.4. The fourth-order valence-corrected chi connectivity index (χ4v) is 1.60. The van der Waals surface area contributed by atoms with Crippen LogP contribution >= 0.6 is 0 Å². The predicted molar refractivity (Wildman–Crippen MR) is 56.7 cm³/mol. The first-order valence-corrected chi connectivity index (χ1v) is 4.90. The van der Waals surface area contributed by atoms with E-state index in [1.807, 2.05) is 36.4 Å². The number of amides is 1. The lowest BCUT2D eigenvalue weighted by Crippen LogP contribution is -2.30. The van der Waals surface area contributed by atoms with Gasteiger partial charge in [0.05, 0.1) is 0 Å². The second-order valence-corrected chi connectivity index (χ2v) is 3.44. The van der Waals surface area contributed by atoms with Crippen LogP contribution in [0.1, 0.15) is 18.4 Å². The molecular formula is C12H13NO. The summed E-state index contributed by atoms with van der Waals surface area (Å²) in [7, 11) is 0. The highest BCUT2D eigenvalue weighted by atomic mass is 16.1. The first kappa shape index (κ1) is 9.00. The molecule has 0 saturated carbocycles. The Morgan fingerprint density at radius 2 is 2.00 bits per heavy atom. The van der Waals surface area contributed by atoms with Crippen LogP contribution in [0.25, 0.3) is 6.08 Å². The van der Waals surface area contributed by atoms with Crippen molar-refractivity contribution in [2.45, 2.75) is 12.8 Å². The summed E-state index contributed by atoms with van der Waals surface area (Å²) in [5, 5.41) is 2.85. The van der Waals surface area contributed by atoms with Crippen molar-refractivity contribution in [3.8, 4) is 0 Å². The molecule has 0 radical (unpaired) electrons. The van der Waals surface area contributed by atoms with E-state index in [-0.39, 0.29) is 5.91 Å². The fourth-order valence-electron chi connectivity index (χ4n) is 1.60. The monoisotopic (exact) mass is 187 g/mol. The molecular weight excluding hydrogens is 174 g/mol. The van der Waals surface area contributed by atoms with E-state index in [0.717, 1.165) is 30.5 Å². The number of carbonyl (C=O) groups excluding carboxylic acids is 1. The molecule has 1 N–H and O–H groups in total. The lowest BCUT2D eigenvalue weighted by atomic mass is 10.0. The van der Waals surface area contributed by atoms with E-state index < -0.39 is 0 Å². The quantitative estimate of drug-likeness (QED) is 0.669. The minimum Gasteiger partial charge on any atom is -0.352 e. The van der Waals surface area contributed by atoms with Crippen LogP contribution in [0.3, 0.4) is 0 Å². The highest BCUT2D eigenvalue weighted by Crippen LogP contribution is 2.14. The van der Waals surface area contributed by atoms with Crippen LogP contribution in [0.5, 0.6) is 0 Å². The van der Waals surface area contributed by atoms with Crippen molar-refractivity contribution in [2.75, 3.05) is 6.54 Å². The summed E-state index contributed by atoms with van der Waals surface area (Å²) in [6.45, 7) is 0.810. The summed E-state index contributed by atoms with van der Waals surface area (Å²) < 4.78 is 0. The van der Waals surface area contributed by atoms with Gasteiger partial charge >= 0.3 is 0 Å². The molecule has 0 aliphatic carbocycles.